The average molecular weight is 354 g/mol. The van der Waals surface area contributed by atoms with Crippen LogP contribution in [0.4, 0.5) is 11.4 Å². The van der Waals surface area contributed by atoms with Crippen LogP contribution in [-0.4, -0.2) is 17.6 Å². The van der Waals surface area contributed by atoms with Crippen molar-refractivity contribution in [3.63, 3.8) is 0 Å². The standard InChI is InChI=1S/C20H22N2O2S/c1-13-4-3-5-18(14(13)2)22-19(23)12-25-17-10-8-16(9-11-17)21-20(24)15-6-7-15/h3-5,8-11,15H,6-7,12H2,1-2H3,(H,21,24)(H,22,23). The minimum atomic E-state index is -0.0233. The molecule has 130 valence electrons. The van der Waals surface area contributed by atoms with Crippen molar-refractivity contribution in [3.8, 4) is 0 Å². The van der Waals surface area contributed by atoms with Gasteiger partial charge in [0.2, 0.25) is 11.8 Å². The van der Waals surface area contributed by atoms with Crippen molar-refractivity contribution in [2.75, 3.05) is 16.4 Å². The molecule has 5 heteroatoms. The Bertz CT molecular complexity index is 783. The van der Waals surface area contributed by atoms with Gasteiger partial charge in [0.1, 0.15) is 0 Å². The van der Waals surface area contributed by atoms with Gasteiger partial charge in [0.25, 0.3) is 0 Å². The molecule has 1 fully saturated rings. The third kappa shape index (κ3) is 4.86. The third-order valence-electron chi connectivity index (χ3n) is 4.32. The molecule has 2 aromatic rings. The lowest BCUT2D eigenvalue weighted by atomic mass is 10.1. The Kier molecular flexibility index (Phi) is 5.43. The quantitative estimate of drug-likeness (QED) is 0.757. The largest absolute Gasteiger partial charge is 0.326 e. The van der Waals surface area contributed by atoms with Crippen LogP contribution in [0.1, 0.15) is 24.0 Å². The average Bonchev–Trinajstić information content (AvgIpc) is 3.43. The van der Waals surface area contributed by atoms with E-state index >= 15 is 0 Å². The molecule has 0 heterocycles. The van der Waals surface area contributed by atoms with E-state index < -0.39 is 0 Å². The highest BCUT2D eigenvalue weighted by Crippen LogP contribution is 2.30. The van der Waals surface area contributed by atoms with E-state index in [4.69, 9.17) is 0 Å². The van der Waals surface area contributed by atoms with Crippen molar-refractivity contribution >= 4 is 35.0 Å². The first-order valence-corrected chi connectivity index (χ1v) is 9.41. The molecule has 2 aromatic carbocycles. The maximum absolute atomic E-state index is 12.2. The van der Waals surface area contributed by atoms with Gasteiger partial charge in [0.15, 0.2) is 0 Å². The molecule has 1 aliphatic rings. The van der Waals surface area contributed by atoms with Crippen LogP contribution in [0.3, 0.4) is 0 Å². The summed E-state index contributed by atoms with van der Waals surface area (Å²) in [4.78, 5) is 24.9. The van der Waals surface area contributed by atoms with Gasteiger partial charge < -0.3 is 10.6 Å². The van der Waals surface area contributed by atoms with Crippen LogP contribution < -0.4 is 10.6 Å². The monoisotopic (exact) mass is 354 g/mol. The van der Waals surface area contributed by atoms with E-state index in [2.05, 4.69) is 10.6 Å². The van der Waals surface area contributed by atoms with Crippen LogP contribution in [-0.2, 0) is 9.59 Å². The van der Waals surface area contributed by atoms with Crippen molar-refractivity contribution in [1.29, 1.82) is 0 Å². The minimum Gasteiger partial charge on any atom is -0.326 e. The predicted octanol–water partition coefficient (Wildman–Crippen LogP) is 4.38. The molecular weight excluding hydrogens is 332 g/mol. The van der Waals surface area contributed by atoms with E-state index in [1.807, 2.05) is 56.3 Å². The number of carbonyl (C=O) groups is 2. The molecular formula is C20H22N2O2S. The Morgan fingerprint density at radius 3 is 2.44 bits per heavy atom. The highest BCUT2D eigenvalue weighted by Gasteiger charge is 2.29. The zero-order valence-electron chi connectivity index (χ0n) is 14.5. The Hall–Kier alpha value is -2.27. The second-order valence-electron chi connectivity index (χ2n) is 6.37. The van der Waals surface area contributed by atoms with Crippen LogP contribution in [0.15, 0.2) is 47.4 Å². The van der Waals surface area contributed by atoms with E-state index in [1.54, 1.807) is 0 Å². The van der Waals surface area contributed by atoms with Gasteiger partial charge in [0, 0.05) is 22.2 Å². The molecule has 0 spiro atoms. The summed E-state index contributed by atoms with van der Waals surface area (Å²) in [5.74, 6) is 0.627. The molecule has 0 bridgehead atoms. The van der Waals surface area contributed by atoms with Gasteiger partial charge in [-0.3, -0.25) is 9.59 Å². The van der Waals surface area contributed by atoms with Crippen molar-refractivity contribution in [2.24, 2.45) is 5.92 Å². The zero-order valence-corrected chi connectivity index (χ0v) is 15.3. The second kappa shape index (κ2) is 7.74. The molecule has 0 atom stereocenters. The molecule has 25 heavy (non-hydrogen) atoms. The van der Waals surface area contributed by atoms with Gasteiger partial charge in [-0.05, 0) is 68.1 Å². The molecule has 0 aliphatic heterocycles. The molecule has 2 amide bonds. The van der Waals surface area contributed by atoms with Crippen LogP contribution in [0.5, 0.6) is 0 Å². The van der Waals surface area contributed by atoms with Crippen molar-refractivity contribution in [3.05, 3.63) is 53.6 Å². The molecule has 0 saturated heterocycles. The maximum atomic E-state index is 12.2. The lowest BCUT2D eigenvalue weighted by Crippen LogP contribution is -2.15. The lowest BCUT2D eigenvalue weighted by molar-refractivity contribution is -0.117. The molecule has 4 nitrogen and oxygen atoms in total. The fourth-order valence-corrected chi connectivity index (χ4v) is 3.14. The summed E-state index contributed by atoms with van der Waals surface area (Å²) in [6, 6.07) is 13.5. The molecule has 0 unspecified atom stereocenters. The van der Waals surface area contributed by atoms with E-state index in [0.717, 1.165) is 40.2 Å². The van der Waals surface area contributed by atoms with Crippen LogP contribution in [0.25, 0.3) is 0 Å². The number of aryl methyl sites for hydroxylation is 1. The normalized spacial score (nSPS) is 13.4. The Balaban J connectivity index is 1.50. The number of benzene rings is 2. The lowest BCUT2D eigenvalue weighted by Gasteiger charge is -2.10. The third-order valence-corrected chi connectivity index (χ3v) is 5.33. The van der Waals surface area contributed by atoms with E-state index in [1.165, 1.54) is 11.8 Å². The van der Waals surface area contributed by atoms with Crippen LogP contribution in [0, 0.1) is 19.8 Å². The predicted molar refractivity (Wildman–Crippen MR) is 103 cm³/mol. The molecule has 0 aromatic heterocycles. The topological polar surface area (TPSA) is 58.2 Å². The van der Waals surface area contributed by atoms with Crippen molar-refractivity contribution in [1.82, 2.24) is 0 Å². The minimum absolute atomic E-state index is 0.0233. The number of anilines is 2. The second-order valence-corrected chi connectivity index (χ2v) is 7.42. The summed E-state index contributed by atoms with van der Waals surface area (Å²) in [5.41, 5.74) is 3.93. The molecule has 0 radical (unpaired) electrons. The fraction of sp³-hybridized carbons (Fsp3) is 0.300. The summed E-state index contributed by atoms with van der Waals surface area (Å²) >= 11 is 1.48. The van der Waals surface area contributed by atoms with Gasteiger partial charge in [-0.15, -0.1) is 11.8 Å². The van der Waals surface area contributed by atoms with Crippen LogP contribution >= 0.6 is 11.8 Å². The maximum Gasteiger partial charge on any atom is 0.234 e. The zero-order chi connectivity index (χ0) is 17.8. The SMILES string of the molecule is Cc1cccc(NC(=O)CSc2ccc(NC(=O)C3CC3)cc2)c1C. The molecule has 1 aliphatic carbocycles. The van der Waals surface area contributed by atoms with Crippen molar-refractivity contribution in [2.45, 2.75) is 31.6 Å². The summed E-state index contributed by atoms with van der Waals surface area (Å²) in [7, 11) is 0. The van der Waals surface area contributed by atoms with Gasteiger partial charge in [-0.1, -0.05) is 12.1 Å². The summed E-state index contributed by atoms with van der Waals surface area (Å²) < 4.78 is 0. The smallest absolute Gasteiger partial charge is 0.234 e. The van der Waals surface area contributed by atoms with E-state index in [0.29, 0.717) is 5.75 Å². The molecule has 3 rings (SSSR count). The van der Waals surface area contributed by atoms with Gasteiger partial charge in [-0.2, -0.15) is 0 Å². The summed E-state index contributed by atoms with van der Waals surface area (Å²) in [6.07, 6.45) is 1.99. The number of hydrogen-bond donors (Lipinski definition) is 2. The first kappa shape index (κ1) is 17.5. The first-order chi connectivity index (χ1) is 12.0. The number of rotatable bonds is 6. The highest BCUT2D eigenvalue weighted by atomic mass is 32.2. The van der Waals surface area contributed by atoms with E-state index in [9.17, 15) is 9.59 Å². The Labute approximate surface area is 152 Å². The van der Waals surface area contributed by atoms with Gasteiger partial charge in [-0.25, -0.2) is 0 Å². The molecule has 2 N–H and O–H groups in total. The Morgan fingerprint density at radius 1 is 1.04 bits per heavy atom. The summed E-state index contributed by atoms with van der Waals surface area (Å²) in [6.45, 7) is 4.04. The number of hydrogen-bond acceptors (Lipinski definition) is 3. The fourth-order valence-electron chi connectivity index (χ4n) is 2.45. The number of carbonyl (C=O) groups excluding carboxylic acids is 2. The number of nitrogens with one attached hydrogen (secondary N) is 2. The highest BCUT2D eigenvalue weighted by molar-refractivity contribution is 8.00. The van der Waals surface area contributed by atoms with Crippen molar-refractivity contribution < 1.29 is 9.59 Å². The van der Waals surface area contributed by atoms with E-state index in [-0.39, 0.29) is 17.7 Å². The Morgan fingerprint density at radius 2 is 1.76 bits per heavy atom. The molecule has 1 saturated carbocycles. The number of amides is 2. The first-order valence-electron chi connectivity index (χ1n) is 8.43. The van der Waals surface area contributed by atoms with Gasteiger partial charge >= 0.3 is 0 Å². The van der Waals surface area contributed by atoms with Crippen LogP contribution in [0.2, 0.25) is 0 Å². The van der Waals surface area contributed by atoms with Gasteiger partial charge in [0.05, 0.1) is 5.75 Å². The summed E-state index contributed by atoms with van der Waals surface area (Å²) in [5, 5.41) is 5.87. The number of thioether (sulfide) groups is 1.